The predicted octanol–water partition coefficient (Wildman–Crippen LogP) is 7.21. The Labute approximate surface area is 290 Å². The van der Waals surface area contributed by atoms with E-state index < -0.39 is 35.0 Å². The van der Waals surface area contributed by atoms with Gasteiger partial charge < -0.3 is 9.84 Å². The number of phenolic OH excluding ortho intramolecular Hbond substituents is 1. The lowest BCUT2D eigenvalue weighted by atomic mass is 9.44. The van der Waals surface area contributed by atoms with Crippen molar-refractivity contribution in [3.63, 3.8) is 0 Å². The minimum absolute atomic E-state index is 0.0521. The third-order valence-electron chi connectivity index (χ3n) is 12.0. The Morgan fingerprint density at radius 2 is 1.57 bits per heavy atom. The van der Waals surface area contributed by atoms with Crippen molar-refractivity contribution in [3.05, 3.63) is 112 Å². The number of carbonyl (C=O) groups excluding carboxylic acids is 4. The number of ketones is 2. The van der Waals surface area contributed by atoms with E-state index in [1.165, 1.54) is 13.2 Å². The van der Waals surface area contributed by atoms with Crippen LogP contribution in [0.1, 0.15) is 67.6 Å². The molecule has 0 radical (unpaired) electrons. The summed E-state index contributed by atoms with van der Waals surface area (Å²) in [5.74, 6) is -3.91. The molecule has 4 aliphatic carbocycles. The average molecular weight is 676 g/mol. The lowest BCUT2D eigenvalue weighted by Gasteiger charge is -2.55. The summed E-state index contributed by atoms with van der Waals surface area (Å²) in [7, 11) is 1.44. The van der Waals surface area contributed by atoms with E-state index in [2.05, 4.69) is 0 Å². The average Bonchev–Trinajstić information content (AvgIpc) is 3.40. The first-order chi connectivity index (χ1) is 23.8. The second-order valence-electron chi connectivity index (χ2n) is 14.2. The number of amides is 2. The van der Waals surface area contributed by atoms with Crippen molar-refractivity contribution in [1.82, 2.24) is 4.90 Å². The molecule has 6 atom stereocenters. The molecule has 3 aromatic carbocycles. The largest absolute Gasteiger partial charge is 0.503 e. The van der Waals surface area contributed by atoms with Crippen molar-refractivity contribution < 1.29 is 29.0 Å². The second-order valence-corrected chi connectivity index (χ2v) is 14.6. The van der Waals surface area contributed by atoms with E-state index >= 15 is 9.59 Å². The third-order valence-corrected chi connectivity index (χ3v) is 12.2. The fraction of sp³-hybridized carbons (Fsp3) is 0.366. The molecule has 1 saturated heterocycles. The van der Waals surface area contributed by atoms with Crippen molar-refractivity contribution in [1.29, 1.82) is 0 Å². The first-order valence-electron chi connectivity index (χ1n) is 17.3. The molecule has 7 nitrogen and oxygen atoms in total. The maximum Gasteiger partial charge on any atom is 0.233 e. The van der Waals surface area contributed by atoms with Crippen LogP contribution >= 0.6 is 11.6 Å². The van der Waals surface area contributed by atoms with Crippen LogP contribution in [0.2, 0.25) is 5.02 Å². The zero-order valence-corrected chi connectivity index (χ0v) is 28.1. The number of rotatable bonds is 5. The van der Waals surface area contributed by atoms with Crippen LogP contribution < -0.4 is 4.74 Å². The maximum absolute atomic E-state index is 15.1. The van der Waals surface area contributed by atoms with Crippen LogP contribution in [-0.2, 0) is 24.6 Å². The molecule has 1 heterocycles. The first-order valence-corrected chi connectivity index (χ1v) is 17.7. The number of carbonyl (C=O) groups is 4. The van der Waals surface area contributed by atoms with Crippen LogP contribution in [0.5, 0.6) is 11.5 Å². The Morgan fingerprint density at radius 1 is 0.878 bits per heavy atom. The molecule has 250 valence electrons. The topological polar surface area (TPSA) is 101 Å². The number of fused-ring (bicyclic) bond motifs is 4. The Bertz CT molecular complexity index is 1930. The Morgan fingerprint density at radius 3 is 2.27 bits per heavy atom. The SMILES string of the molecule is COc1cc([C@H]2C3=CC[C@@H]4C(=O)N(C5CCCCC5)C(=O)[C@@H]4[C@@H]3C[C@H]3C(=O)C(c4ccccc4)=CC(=O)[C@@]23c2ccccc2)cc(Cl)c1O. The van der Waals surface area contributed by atoms with Crippen molar-refractivity contribution in [2.45, 2.75) is 62.3 Å². The van der Waals surface area contributed by atoms with Gasteiger partial charge in [-0.2, -0.15) is 0 Å². The molecule has 0 aromatic heterocycles. The lowest BCUT2D eigenvalue weighted by molar-refractivity contribution is -0.144. The van der Waals surface area contributed by atoms with E-state index in [4.69, 9.17) is 16.3 Å². The number of hydrogen-bond donors (Lipinski definition) is 1. The van der Waals surface area contributed by atoms with E-state index in [0.29, 0.717) is 28.7 Å². The number of ether oxygens (including phenoxy) is 1. The van der Waals surface area contributed by atoms with E-state index in [1.54, 1.807) is 17.0 Å². The van der Waals surface area contributed by atoms with E-state index in [0.717, 1.165) is 37.7 Å². The Kier molecular flexibility index (Phi) is 7.86. The number of halogens is 1. The summed E-state index contributed by atoms with van der Waals surface area (Å²) in [5.41, 5.74) is 1.77. The quantitative estimate of drug-likeness (QED) is 0.227. The zero-order chi connectivity index (χ0) is 34.0. The fourth-order valence-corrected chi connectivity index (χ4v) is 10.1. The third kappa shape index (κ3) is 4.68. The van der Waals surface area contributed by atoms with Gasteiger partial charge in [0, 0.05) is 23.5 Å². The molecule has 3 aromatic rings. The predicted molar refractivity (Wildman–Crippen MR) is 185 cm³/mol. The van der Waals surface area contributed by atoms with E-state index in [-0.39, 0.29) is 52.4 Å². The molecule has 2 saturated carbocycles. The van der Waals surface area contributed by atoms with Crippen LogP contribution in [-0.4, -0.2) is 46.5 Å². The zero-order valence-electron chi connectivity index (χ0n) is 27.3. The number of phenols is 1. The molecule has 5 aliphatic rings. The highest BCUT2D eigenvalue weighted by Crippen LogP contribution is 2.64. The minimum Gasteiger partial charge on any atom is -0.503 e. The Hall–Kier alpha value is -4.49. The molecule has 0 unspecified atom stereocenters. The molecule has 2 amide bonds. The highest BCUT2D eigenvalue weighted by molar-refractivity contribution is 6.33. The number of Topliss-reactive ketones (excluding diaryl/α,β-unsaturated/α-hetero) is 1. The summed E-state index contributed by atoms with van der Waals surface area (Å²) in [4.78, 5) is 60.3. The molecule has 8 heteroatoms. The van der Waals surface area contributed by atoms with Gasteiger partial charge in [0.25, 0.3) is 0 Å². The number of benzene rings is 3. The summed E-state index contributed by atoms with van der Waals surface area (Å²) in [5, 5.41) is 10.8. The standard InChI is InChI=1S/C41H38ClNO6/c1-49-33-20-24(19-32(42)38(33)46)36-27-17-18-28-35(40(48)43(39(28)47)26-15-9-4-10-16-26)30(27)21-31-37(45)29(23-11-5-2-6-12-23)22-34(44)41(31,36)25-13-7-3-8-14-25/h2-3,5-8,11-14,17,19-20,22,26,28,30-31,35-36,46H,4,9-10,15-16,18,21H2,1H3/t28-,30+,31-,35-,36-,41-/m0/s1. The maximum atomic E-state index is 15.1. The molecule has 49 heavy (non-hydrogen) atoms. The van der Waals surface area contributed by atoms with Crippen molar-refractivity contribution in [2.24, 2.45) is 23.7 Å². The smallest absolute Gasteiger partial charge is 0.233 e. The molecule has 1 N–H and O–H groups in total. The van der Waals surface area contributed by atoms with Crippen LogP contribution in [0.4, 0.5) is 0 Å². The number of likely N-dealkylation sites (tertiary alicyclic amines) is 1. The van der Waals surface area contributed by atoms with Gasteiger partial charge in [-0.05, 0) is 66.5 Å². The summed E-state index contributed by atoms with van der Waals surface area (Å²) >= 11 is 6.64. The van der Waals surface area contributed by atoms with Gasteiger partial charge in [-0.15, -0.1) is 0 Å². The van der Waals surface area contributed by atoms with Crippen LogP contribution in [0, 0.1) is 23.7 Å². The number of nitrogens with zero attached hydrogens (tertiary/aromatic N) is 1. The van der Waals surface area contributed by atoms with Gasteiger partial charge in [0.15, 0.2) is 23.1 Å². The van der Waals surface area contributed by atoms with E-state index in [1.807, 2.05) is 66.7 Å². The molecule has 8 rings (SSSR count). The highest BCUT2D eigenvalue weighted by atomic mass is 35.5. The van der Waals surface area contributed by atoms with Crippen molar-refractivity contribution >= 4 is 40.6 Å². The highest BCUT2D eigenvalue weighted by Gasteiger charge is 2.66. The number of methoxy groups -OCH3 is 1. The van der Waals surface area contributed by atoms with Crippen LogP contribution in [0.25, 0.3) is 5.57 Å². The van der Waals surface area contributed by atoms with Gasteiger partial charge in [0.05, 0.1) is 29.4 Å². The first kappa shape index (κ1) is 31.8. The number of imide groups is 1. The van der Waals surface area contributed by atoms with Gasteiger partial charge in [0.2, 0.25) is 11.8 Å². The number of hydrogen-bond acceptors (Lipinski definition) is 6. The minimum atomic E-state index is -1.38. The molecule has 0 bridgehead atoms. The molecular weight excluding hydrogens is 638 g/mol. The number of aromatic hydroxyl groups is 1. The monoisotopic (exact) mass is 675 g/mol. The normalized spacial score (nSPS) is 29.9. The van der Waals surface area contributed by atoms with Crippen LogP contribution in [0.3, 0.4) is 0 Å². The summed E-state index contributed by atoms with van der Waals surface area (Å²) in [6.45, 7) is 0. The fourth-order valence-electron chi connectivity index (χ4n) is 9.89. The summed E-state index contributed by atoms with van der Waals surface area (Å²) in [6, 6.07) is 21.9. The molecule has 0 spiro atoms. The van der Waals surface area contributed by atoms with Gasteiger partial charge in [-0.1, -0.05) is 103 Å². The lowest BCUT2D eigenvalue weighted by Crippen LogP contribution is -2.58. The second kappa shape index (κ2) is 12.1. The summed E-state index contributed by atoms with van der Waals surface area (Å²) < 4.78 is 5.55. The van der Waals surface area contributed by atoms with Crippen molar-refractivity contribution in [2.75, 3.05) is 7.11 Å². The van der Waals surface area contributed by atoms with Gasteiger partial charge in [-0.25, -0.2) is 0 Å². The van der Waals surface area contributed by atoms with E-state index in [9.17, 15) is 14.7 Å². The number of allylic oxidation sites excluding steroid dienone is 4. The van der Waals surface area contributed by atoms with Gasteiger partial charge in [0.1, 0.15) is 0 Å². The molecule has 1 aliphatic heterocycles. The Balaban J connectivity index is 1.37. The van der Waals surface area contributed by atoms with Crippen LogP contribution in [0.15, 0.2) is 90.5 Å². The summed E-state index contributed by atoms with van der Waals surface area (Å²) in [6.07, 6.45) is 8.86. The van der Waals surface area contributed by atoms with Gasteiger partial charge in [-0.3, -0.25) is 24.1 Å². The molecule has 3 fully saturated rings. The van der Waals surface area contributed by atoms with Crippen molar-refractivity contribution in [3.8, 4) is 11.5 Å². The molecular formula is C41H38ClNO6. The van der Waals surface area contributed by atoms with Gasteiger partial charge >= 0.3 is 0 Å².